The summed E-state index contributed by atoms with van der Waals surface area (Å²) < 4.78 is 12.7. The van der Waals surface area contributed by atoms with Gasteiger partial charge in [0.1, 0.15) is 17.4 Å². The van der Waals surface area contributed by atoms with E-state index < -0.39 is 5.97 Å². The smallest absolute Gasteiger partial charge is 0.341 e. The standard InChI is InChI=1S/C24H28N4O4S2/c1-4-28-19(13-32-16-8-6-5-7-9-16)26-27-24(28)33-14-20(29)25-22-21(23(30)31-3)17-11-10-15(2)12-18(17)34-22/h5-9,15H,4,10-14H2,1-3H3,(H,25,29). The van der Waals surface area contributed by atoms with E-state index in [1.807, 2.05) is 41.8 Å². The van der Waals surface area contributed by atoms with Crippen LogP contribution in [0.1, 0.15) is 46.9 Å². The van der Waals surface area contributed by atoms with Gasteiger partial charge in [-0.1, -0.05) is 36.9 Å². The van der Waals surface area contributed by atoms with Crippen molar-refractivity contribution in [2.24, 2.45) is 5.92 Å². The Bertz CT molecular complexity index is 1160. The first-order valence-electron chi connectivity index (χ1n) is 11.3. The van der Waals surface area contributed by atoms with Gasteiger partial charge in [-0.3, -0.25) is 4.79 Å². The molecule has 3 aromatic rings. The fourth-order valence-electron chi connectivity index (χ4n) is 3.96. The van der Waals surface area contributed by atoms with Crippen LogP contribution in [0.2, 0.25) is 0 Å². The molecule has 0 bridgehead atoms. The van der Waals surface area contributed by atoms with E-state index in [0.717, 1.165) is 35.5 Å². The van der Waals surface area contributed by atoms with Gasteiger partial charge in [-0.2, -0.15) is 0 Å². The van der Waals surface area contributed by atoms with Crippen molar-refractivity contribution in [3.05, 3.63) is 52.2 Å². The number of aromatic nitrogens is 3. The highest BCUT2D eigenvalue weighted by Crippen LogP contribution is 2.40. The van der Waals surface area contributed by atoms with Gasteiger partial charge < -0.3 is 19.4 Å². The number of thioether (sulfide) groups is 1. The number of anilines is 1. The first kappa shape index (κ1) is 24.3. The molecule has 0 saturated heterocycles. The van der Waals surface area contributed by atoms with Crippen LogP contribution < -0.4 is 10.1 Å². The highest BCUT2D eigenvalue weighted by Gasteiger charge is 2.29. The lowest BCUT2D eigenvalue weighted by Crippen LogP contribution is -2.17. The van der Waals surface area contributed by atoms with Crippen LogP contribution in [-0.2, 0) is 35.5 Å². The number of esters is 1. The van der Waals surface area contributed by atoms with Gasteiger partial charge in [0, 0.05) is 11.4 Å². The molecule has 0 spiro atoms. The Morgan fingerprint density at radius 3 is 2.79 bits per heavy atom. The van der Waals surface area contributed by atoms with Gasteiger partial charge in [0.05, 0.1) is 18.4 Å². The molecule has 1 aromatic carbocycles. The minimum Gasteiger partial charge on any atom is -0.486 e. The number of nitrogens with zero attached hydrogens (tertiary/aromatic N) is 3. The van der Waals surface area contributed by atoms with Crippen molar-refractivity contribution in [2.75, 3.05) is 18.2 Å². The van der Waals surface area contributed by atoms with Gasteiger partial charge in [0.25, 0.3) is 0 Å². The molecule has 8 nitrogen and oxygen atoms in total. The van der Waals surface area contributed by atoms with Crippen molar-refractivity contribution in [2.45, 2.75) is 51.4 Å². The number of fused-ring (bicyclic) bond motifs is 1. The quantitative estimate of drug-likeness (QED) is 0.339. The molecule has 1 N–H and O–H groups in total. The van der Waals surface area contributed by atoms with Crippen LogP contribution in [0, 0.1) is 5.92 Å². The van der Waals surface area contributed by atoms with Crippen molar-refractivity contribution < 1.29 is 19.1 Å². The molecule has 34 heavy (non-hydrogen) atoms. The molecular weight excluding hydrogens is 472 g/mol. The molecule has 1 aliphatic rings. The Morgan fingerprint density at radius 1 is 1.26 bits per heavy atom. The van der Waals surface area contributed by atoms with E-state index in [1.54, 1.807) is 0 Å². The van der Waals surface area contributed by atoms with Crippen LogP contribution in [0.15, 0.2) is 35.5 Å². The number of thiophene rings is 1. The predicted molar refractivity (Wildman–Crippen MR) is 133 cm³/mol. The Morgan fingerprint density at radius 2 is 2.06 bits per heavy atom. The lowest BCUT2D eigenvalue weighted by molar-refractivity contribution is -0.113. The van der Waals surface area contributed by atoms with Crippen molar-refractivity contribution in [1.82, 2.24) is 14.8 Å². The van der Waals surface area contributed by atoms with Gasteiger partial charge in [-0.25, -0.2) is 4.79 Å². The molecule has 2 aromatic heterocycles. The molecule has 1 atom stereocenters. The molecule has 0 radical (unpaired) electrons. The lowest BCUT2D eigenvalue weighted by Gasteiger charge is -2.18. The number of amides is 1. The van der Waals surface area contributed by atoms with Gasteiger partial charge in [0.2, 0.25) is 5.91 Å². The number of ether oxygens (including phenoxy) is 2. The lowest BCUT2D eigenvalue weighted by atomic mass is 9.88. The molecule has 0 saturated carbocycles. The number of hydrogen-bond acceptors (Lipinski definition) is 8. The van der Waals surface area contributed by atoms with E-state index in [-0.39, 0.29) is 11.7 Å². The highest BCUT2D eigenvalue weighted by atomic mass is 32.2. The van der Waals surface area contributed by atoms with Crippen LogP contribution in [0.5, 0.6) is 5.75 Å². The maximum Gasteiger partial charge on any atom is 0.341 e. The predicted octanol–water partition coefficient (Wildman–Crippen LogP) is 4.58. The molecule has 1 unspecified atom stereocenters. The van der Waals surface area contributed by atoms with E-state index in [9.17, 15) is 9.59 Å². The number of hydrogen-bond donors (Lipinski definition) is 1. The van der Waals surface area contributed by atoms with Gasteiger partial charge in [-0.05, 0) is 49.8 Å². The highest BCUT2D eigenvalue weighted by molar-refractivity contribution is 7.99. The first-order valence-corrected chi connectivity index (χ1v) is 13.1. The average Bonchev–Trinajstić information content (AvgIpc) is 3.41. The molecule has 1 amide bonds. The Kier molecular flexibility index (Phi) is 7.89. The van der Waals surface area contributed by atoms with E-state index in [2.05, 4.69) is 22.4 Å². The van der Waals surface area contributed by atoms with Gasteiger partial charge in [-0.15, -0.1) is 21.5 Å². The molecule has 180 valence electrons. The summed E-state index contributed by atoms with van der Waals surface area (Å²) in [6.45, 7) is 5.16. The van der Waals surface area contributed by atoms with E-state index in [1.165, 1.54) is 30.2 Å². The largest absolute Gasteiger partial charge is 0.486 e. The second-order valence-corrected chi connectivity index (χ2v) is 10.2. The van der Waals surface area contributed by atoms with Crippen molar-refractivity contribution >= 4 is 40.0 Å². The number of carbonyl (C=O) groups is 2. The molecule has 1 aliphatic carbocycles. The third kappa shape index (κ3) is 5.44. The summed E-state index contributed by atoms with van der Waals surface area (Å²) in [5, 5.41) is 12.6. The summed E-state index contributed by atoms with van der Waals surface area (Å²) in [5.74, 6) is 1.57. The number of carbonyl (C=O) groups excluding carboxylic acids is 2. The second kappa shape index (κ2) is 11.1. The van der Waals surface area contributed by atoms with Crippen LogP contribution in [0.4, 0.5) is 5.00 Å². The van der Waals surface area contributed by atoms with Crippen LogP contribution >= 0.6 is 23.1 Å². The second-order valence-electron chi connectivity index (χ2n) is 8.13. The Balaban J connectivity index is 1.41. The number of methoxy groups -OCH3 is 1. The average molecular weight is 501 g/mol. The maximum atomic E-state index is 12.8. The number of para-hydroxylation sites is 1. The Labute approximate surface area is 207 Å². The molecule has 0 aliphatic heterocycles. The van der Waals surface area contributed by atoms with Crippen molar-refractivity contribution in [3.8, 4) is 5.75 Å². The number of rotatable bonds is 9. The van der Waals surface area contributed by atoms with E-state index in [0.29, 0.717) is 40.6 Å². The SMILES string of the molecule is CCn1c(COc2ccccc2)nnc1SCC(=O)Nc1sc2c(c1C(=O)OC)CCC(C)C2. The van der Waals surface area contributed by atoms with Gasteiger partial charge >= 0.3 is 5.97 Å². The normalized spacial score (nSPS) is 15.0. The third-order valence-electron chi connectivity index (χ3n) is 5.71. The maximum absolute atomic E-state index is 12.8. The summed E-state index contributed by atoms with van der Waals surface area (Å²) in [5.41, 5.74) is 1.52. The fraction of sp³-hybridized carbons (Fsp3) is 0.417. The van der Waals surface area contributed by atoms with Crippen LogP contribution in [0.25, 0.3) is 0 Å². The minimum absolute atomic E-state index is 0.150. The third-order valence-corrected chi connectivity index (χ3v) is 7.84. The topological polar surface area (TPSA) is 95.3 Å². The summed E-state index contributed by atoms with van der Waals surface area (Å²) >= 11 is 2.79. The molecule has 4 rings (SSSR count). The van der Waals surface area contributed by atoms with Crippen LogP contribution in [0.3, 0.4) is 0 Å². The zero-order chi connectivity index (χ0) is 24.1. The minimum atomic E-state index is -0.399. The molecule has 10 heteroatoms. The monoisotopic (exact) mass is 500 g/mol. The molecule has 0 fully saturated rings. The fourth-order valence-corrected chi connectivity index (χ4v) is 6.20. The summed E-state index contributed by atoms with van der Waals surface area (Å²) in [6.07, 6.45) is 2.78. The number of nitrogens with one attached hydrogen (secondary N) is 1. The zero-order valence-corrected chi connectivity index (χ0v) is 21.1. The van der Waals surface area contributed by atoms with Crippen LogP contribution in [-0.4, -0.2) is 39.5 Å². The summed E-state index contributed by atoms with van der Waals surface area (Å²) in [4.78, 5) is 26.4. The zero-order valence-electron chi connectivity index (χ0n) is 19.5. The summed E-state index contributed by atoms with van der Waals surface area (Å²) in [7, 11) is 1.37. The Hall–Kier alpha value is -2.85. The van der Waals surface area contributed by atoms with E-state index in [4.69, 9.17) is 9.47 Å². The first-order chi connectivity index (χ1) is 16.5. The van der Waals surface area contributed by atoms with Crippen molar-refractivity contribution in [1.29, 1.82) is 0 Å². The van der Waals surface area contributed by atoms with Crippen molar-refractivity contribution in [3.63, 3.8) is 0 Å². The molecular formula is C24H28N4O4S2. The van der Waals surface area contributed by atoms with Gasteiger partial charge in [0.15, 0.2) is 11.0 Å². The molecule has 2 heterocycles. The summed E-state index contributed by atoms with van der Waals surface area (Å²) in [6, 6.07) is 9.53. The number of benzene rings is 1. The van der Waals surface area contributed by atoms with E-state index >= 15 is 0 Å².